The van der Waals surface area contributed by atoms with E-state index in [1.807, 2.05) is 0 Å². The van der Waals surface area contributed by atoms with Crippen LogP contribution in [0.25, 0.3) is 0 Å². The first kappa shape index (κ1) is 26.3. The molecule has 0 aromatic heterocycles. The number of hydrogen-bond acceptors (Lipinski definition) is 7. The molecule has 0 aliphatic carbocycles. The molecule has 38 heavy (non-hydrogen) atoms. The molecule has 0 saturated carbocycles. The fourth-order valence-electron chi connectivity index (χ4n) is 4.74. The van der Waals surface area contributed by atoms with Crippen molar-refractivity contribution in [3.05, 3.63) is 47.0 Å². The first-order valence-corrected chi connectivity index (χ1v) is 14.1. The van der Waals surface area contributed by atoms with Crippen molar-refractivity contribution >= 4 is 45.2 Å². The predicted octanol–water partition coefficient (Wildman–Crippen LogP) is 2.69. The zero-order chi connectivity index (χ0) is 27.1. The monoisotopic (exact) mass is 562 g/mol. The van der Waals surface area contributed by atoms with E-state index < -0.39 is 40.0 Å². The van der Waals surface area contributed by atoms with Crippen LogP contribution in [0.2, 0.25) is 5.02 Å². The Morgan fingerprint density at radius 3 is 2.50 bits per heavy atom. The number of rotatable bonds is 6. The maximum atomic E-state index is 13.3. The van der Waals surface area contributed by atoms with Gasteiger partial charge in [-0.15, -0.1) is 0 Å². The largest absolute Gasteiger partial charge is 0.486 e. The lowest BCUT2D eigenvalue weighted by Crippen LogP contribution is -2.42. The summed E-state index contributed by atoms with van der Waals surface area (Å²) in [5.74, 6) is -0.337. The maximum absolute atomic E-state index is 13.3. The smallest absolute Gasteiger partial charge is 0.325 e. The number of benzene rings is 2. The standard InChI is InChI=1S/C25H27ClN4O7S/c1-25(16-5-8-20-21(13-16)37-12-11-36-20)23(32)30(24(33)28-25)15-22(31)27-19-14-17(6-7-18(19)26)38(34,35)29-9-3-2-4-10-29/h5-8,13-14H,2-4,9-12,15H2,1H3,(H,27,31)(H,28,33)/t25-/m0/s1. The van der Waals surface area contributed by atoms with Gasteiger partial charge in [-0.1, -0.05) is 24.1 Å². The number of carbonyl (C=O) groups is 3. The third kappa shape index (κ3) is 4.79. The molecule has 202 valence electrons. The Balaban J connectivity index is 1.31. The minimum Gasteiger partial charge on any atom is -0.486 e. The summed E-state index contributed by atoms with van der Waals surface area (Å²) < 4.78 is 38.6. The zero-order valence-corrected chi connectivity index (χ0v) is 22.2. The van der Waals surface area contributed by atoms with E-state index in [9.17, 15) is 22.8 Å². The van der Waals surface area contributed by atoms with Crippen LogP contribution in [0.15, 0.2) is 41.3 Å². The average molecular weight is 563 g/mol. The van der Waals surface area contributed by atoms with E-state index in [1.54, 1.807) is 25.1 Å². The second-order valence-corrected chi connectivity index (χ2v) is 11.8. The van der Waals surface area contributed by atoms with Crippen LogP contribution in [-0.4, -0.2) is 68.3 Å². The summed E-state index contributed by atoms with van der Waals surface area (Å²) >= 11 is 6.23. The van der Waals surface area contributed by atoms with Gasteiger partial charge in [-0.2, -0.15) is 4.31 Å². The fourth-order valence-corrected chi connectivity index (χ4v) is 6.45. The van der Waals surface area contributed by atoms with Gasteiger partial charge < -0.3 is 20.1 Å². The van der Waals surface area contributed by atoms with E-state index in [2.05, 4.69) is 10.6 Å². The van der Waals surface area contributed by atoms with Crippen molar-refractivity contribution in [2.75, 3.05) is 38.2 Å². The SMILES string of the molecule is C[C@@]1(c2ccc3c(c2)OCCO3)NC(=O)N(CC(=O)Nc2cc(S(=O)(=O)N3CCCCC3)ccc2Cl)C1=O. The van der Waals surface area contributed by atoms with Gasteiger partial charge in [0, 0.05) is 13.1 Å². The van der Waals surface area contributed by atoms with Crippen molar-refractivity contribution in [3.63, 3.8) is 0 Å². The topological polar surface area (TPSA) is 134 Å². The normalized spacial score (nSPS) is 21.8. The lowest BCUT2D eigenvalue weighted by atomic mass is 9.91. The lowest BCUT2D eigenvalue weighted by Gasteiger charge is -2.26. The Morgan fingerprint density at radius 1 is 1.05 bits per heavy atom. The van der Waals surface area contributed by atoms with E-state index in [-0.39, 0.29) is 15.6 Å². The number of piperidine rings is 1. The molecule has 2 saturated heterocycles. The van der Waals surface area contributed by atoms with Crippen molar-refractivity contribution in [2.24, 2.45) is 0 Å². The molecule has 0 spiro atoms. The van der Waals surface area contributed by atoms with Gasteiger partial charge in [-0.3, -0.25) is 14.5 Å². The van der Waals surface area contributed by atoms with Crippen LogP contribution in [0.1, 0.15) is 31.7 Å². The van der Waals surface area contributed by atoms with Gasteiger partial charge in [0.05, 0.1) is 15.6 Å². The van der Waals surface area contributed by atoms with Crippen LogP contribution in [0.4, 0.5) is 10.5 Å². The Kier molecular flexibility index (Phi) is 6.97. The van der Waals surface area contributed by atoms with Gasteiger partial charge in [-0.05, 0) is 55.7 Å². The van der Waals surface area contributed by atoms with Crippen molar-refractivity contribution in [2.45, 2.75) is 36.6 Å². The Labute approximate surface area is 225 Å². The number of imide groups is 1. The number of amides is 4. The number of urea groups is 1. The number of hydrogen-bond donors (Lipinski definition) is 2. The molecule has 0 radical (unpaired) electrons. The molecule has 2 N–H and O–H groups in total. The molecule has 13 heteroatoms. The second-order valence-electron chi connectivity index (χ2n) is 9.46. The van der Waals surface area contributed by atoms with Crippen LogP contribution in [0.3, 0.4) is 0 Å². The summed E-state index contributed by atoms with van der Waals surface area (Å²) in [5, 5.41) is 5.31. The highest BCUT2D eigenvalue weighted by molar-refractivity contribution is 7.89. The molecule has 2 aromatic carbocycles. The first-order chi connectivity index (χ1) is 18.1. The second kappa shape index (κ2) is 10.1. The fraction of sp³-hybridized carbons (Fsp3) is 0.400. The van der Waals surface area contributed by atoms with Crippen LogP contribution in [0.5, 0.6) is 11.5 Å². The Bertz CT molecular complexity index is 1410. The van der Waals surface area contributed by atoms with Crippen LogP contribution >= 0.6 is 11.6 Å². The van der Waals surface area contributed by atoms with E-state index >= 15 is 0 Å². The van der Waals surface area contributed by atoms with Crippen molar-refractivity contribution in [3.8, 4) is 11.5 Å². The molecular formula is C25H27ClN4O7S. The quantitative estimate of drug-likeness (QED) is 0.517. The maximum Gasteiger partial charge on any atom is 0.325 e. The van der Waals surface area contributed by atoms with Gasteiger partial charge in [0.25, 0.3) is 5.91 Å². The molecule has 5 rings (SSSR count). The number of halogens is 1. The highest BCUT2D eigenvalue weighted by atomic mass is 35.5. The molecule has 2 fully saturated rings. The van der Waals surface area contributed by atoms with E-state index in [1.165, 1.54) is 22.5 Å². The van der Waals surface area contributed by atoms with Crippen molar-refractivity contribution in [1.82, 2.24) is 14.5 Å². The molecule has 4 amide bonds. The molecule has 3 heterocycles. The number of nitrogens with zero attached hydrogens (tertiary/aromatic N) is 2. The molecular weight excluding hydrogens is 536 g/mol. The first-order valence-electron chi connectivity index (χ1n) is 12.2. The third-order valence-corrected chi connectivity index (χ3v) is 9.09. The zero-order valence-electron chi connectivity index (χ0n) is 20.7. The van der Waals surface area contributed by atoms with E-state index in [0.717, 1.165) is 24.2 Å². The molecule has 11 nitrogen and oxygen atoms in total. The summed E-state index contributed by atoms with van der Waals surface area (Å²) in [6.07, 6.45) is 2.55. The summed E-state index contributed by atoms with van der Waals surface area (Å²) in [5.41, 5.74) is -0.883. The predicted molar refractivity (Wildman–Crippen MR) is 138 cm³/mol. The summed E-state index contributed by atoms with van der Waals surface area (Å²) in [6.45, 7) is 2.59. The van der Waals surface area contributed by atoms with Crippen molar-refractivity contribution in [1.29, 1.82) is 0 Å². The summed E-state index contributed by atoms with van der Waals surface area (Å²) in [7, 11) is -3.75. The Hall–Kier alpha value is -3.35. The van der Waals surface area contributed by atoms with Gasteiger partial charge in [0.15, 0.2) is 11.5 Å². The van der Waals surface area contributed by atoms with Crippen LogP contribution < -0.4 is 20.1 Å². The van der Waals surface area contributed by atoms with Crippen molar-refractivity contribution < 1.29 is 32.3 Å². The summed E-state index contributed by atoms with van der Waals surface area (Å²) in [6, 6.07) is 8.27. The molecule has 3 aliphatic rings. The van der Waals surface area contributed by atoms with Gasteiger partial charge >= 0.3 is 6.03 Å². The molecule has 3 aliphatic heterocycles. The number of anilines is 1. The minimum absolute atomic E-state index is 0.000255. The lowest BCUT2D eigenvalue weighted by molar-refractivity contribution is -0.133. The highest BCUT2D eigenvalue weighted by Gasteiger charge is 2.50. The number of ether oxygens (including phenoxy) is 2. The third-order valence-electron chi connectivity index (χ3n) is 6.86. The minimum atomic E-state index is -3.75. The van der Waals surface area contributed by atoms with E-state index in [4.69, 9.17) is 21.1 Å². The van der Waals surface area contributed by atoms with Gasteiger partial charge in [0.2, 0.25) is 15.9 Å². The number of nitrogens with one attached hydrogen (secondary N) is 2. The molecule has 0 bridgehead atoms. The van der Waals surface area contributed by atoms with Crippen LogP contribution in [-0.2, 0) is 25.2 Å². The van der Waals surface area contributed by atoms with Crippen LogP contribution in [0, 0.1) is 0 Å². The van der Waals surface area contributed by atoms with Gasteiger partial charge in [-0.25, -0.2) is 13.2 Å². The molecule has 0 unspecified atom stereocenters. The summed E-state index contributed by atoms with van der Waals surface area (Å²) in [4.78, 5) is 39.7. The molecule has 2 aromatic rings. The number of sulfonamides is 1. The number of fused-ring (bicyclic) bond motifs is 1. The van der Waals surface area contributed by atoms with E-state index in [0.29, 0.717) is 43.4 Å². The van der Waals surface area contributed by atoms with Gasteiger partial charge in [0.1, 0.15) is 25.3 Å². The Morgan fingerprint density at radius 2 is 1.76 bits per heavy atom. The number of carbonyl (C=O) groups excluding carboxylic acids is 3. The molecule has 1 atom stereocenters. The average Bonchev–Trinajstić information content (AvgIpc) is 3.13. The highest BCUT2D eigenvalue weighted by Crippen LogP contribution is 2.37.